The summed E-state index contributed by atoms with van der Waals surface area (Å²) in [6.45, 7) is 2.19. The average Bonchev–Trinajstić information content (AvgIpc) is 2.31. The molecular weight excluding hydrogens is 220 g/mol. The Balaban J connectivity index is 2.58. The molecule has 1 atom stereocenters. The zero-order valence-corrected chi connectivity index (χ0v) is 10.5. The van der Waals surface area contributed by atoms with E-state index in [9.17, 15) is 4.79 Å². The fraction of sp³-hybridized carbons (Fsp3) is 0.417. The van der Waals surface area contributed by atoms with Crippen LogP contribution < -0.4 is 11.1 Å². The van der Waals surface area contributed by atoms with Crippen molar-refractivity contribution in [1.29, 1.82) is 0 Å². The van der Waals surface area contributed by atoms with Crippen LogP contribution in [0.2, 0.25) is 0 Å². The van der Waals surface area contributed by atoms with E-state index in [0.29, 0.717) is 6.54 Å². The van der Waals surface area contributed by atoms with E-state index in [-0.39, 0.29) is 11.8 Å². The highest BCUT2D eigenvalue weighted by Gasteiger charge is 2.10. The molecule has 0 bridgehead atoms. The van der Waals surface area contributed by atoms with E-state index in [1.807, 2.05) is 31.2 Å². The molecule has 0 aliphatic rings. The quantitative estimate of drug-likeness (QED) is 0.826. The molecule has 4 heteroatoms. The zero-order chi connectivity index (χ0) is 12.0. The molecule has 0 saturated heterocycles. The van der Waals surface area contributed by atoms with Gasteiger partial charge in [-0.1, -0.05) is 19.1 Å². The van der Waals surface area contributed by atoms with Crippen molar-refractivity contribution in [3.8, 4) is 0 Å². The van der Waals surface area contributed by atoms with Gasteiger partial charge in [0, 0.05) is 23.9 Å². The molecule has 1 rings (SSSR count). The van der Waals surface area contributed by atoms with Gasteiger partial charge in [0.15, 0.2) is 0 Å². The molecule has 1 aromatic rings. The summed E-state index contributed by atoms with van der Waals surface area (Å²) >= 11 is 1.78. The number of rotatable bonds is 5. The number of benzene rings is 1. The van der Waals surface area contributed by atoms with E-state index in [0.717, 1.165) is 11.4 Å². The highest BCUT2D eigenvalue weighted by Crippen LogP contribution is 2.14. The van der Waals surface area contributed by atoms with Crippen molar-refractivity contribution in [2.45, 2.75) is 12.7 Å². The molecule has 0 spiro atoms. The normalized spacial score (nSPS) is 12.2. The molecule has 3 N–H and O–H groups in total. The first-order chi connectivity index (χ1) is 7.67. The fourth-order valence-electron chi connectivity index (χ4n) is 1.22. The van der Waals surface area contributed by atoms with Gasteiger partial charge in [0.2, 0.25) is 5.91 Å². The maximum atomic E-state index is 11.6. The lowest BCUT2D eigenvalue weighted by molar-refractivity contribution is -0.119. The molecule has 88 valence electrons. The lowest BCUT2D eigenvalue weighted by Crippen LogP contribution is -2.26. The van der Waals surface area contributed by atoms with E-state index >= 15 is 0 Å². The molecule has 0 aliphatic heterocycles. The average molecular weight is 238 g/mol. The Morgan fingerprint density at radius 1 is 1.44 bits per heavy atom. The molecule has 0 heterocycles. The van der Waals surface area contributed by atoms with Crippen LogP contribution in [0.4, 0.5) is 5.69 Å². The molecule has 0 saturated carbocycles. The topological polar surface area (TPSA) is 55.1 Å². The minimum Gasteiger partial charge on any atom is -0.330 e. The van der Waals surface area contributed by atoms with Gasteiger partial charge in [-0.25, -0.2) is 0 Å². The van der Waals surface area contributed by atoms with Gasteiger partial charge < -0.3 is 11.1 Å². The number of carbonyl (C=O) groups excluding carboxylic acids is 1. The Morgan fingerprint density at radius 3 is 2.56 bits per heavy atom. The highest BCUT2D eigenvalue weighted by atomic mass is 32.2. The number of thioether (sulfide) groups is 1. The third-order valence-electron chi connectivity index (χ3n) is 2.33. The summed E-state index contributed by atoms with van der Waals surface area (Å²) in [7, 11) is 0. The Hall–Kier alpha value is -1.00. The second-order valence-corrected chi connectivity index (χ2v) is 4.62. The summed E-state index contributed by atoms with van der Waals surface area (Å²) in [6, 6.07) is 7.90. The van der Waals surface area contributed by atoms with Crippen LogP contribution in [0.1, 0.15) is 12.5 Å². The van der Waals surface area contributed by atoms with Gasteiger partial charge in [0.1, 0.15) is 0 Å². The molecular formula is C12H18N2OS. The second-order valence-electron chi connectivity index (χ2n) is 3.76. The van der Waals surface area contributed by atoms with Crippen molar-refractivity contribution >= 4 is 23.4 Å². The van der Waals surface area contributed by atoms with Gasteiger partial charge in [-0.2, -0.15) is 11.8 Å². The van der Waals surface area contributed by atoms with Crippen molar-refractivity contribution in [2.75, 3.05) is 18.1 Å². The molecule has 0 fully saturated rings. The molecule has 3 nitrogen and oxygen atoms in total. The van der Waals surface area contributed by atoms with Crippen molar-refractivity contribution in [3.05, 3.63) is 29.8 Å². The number of anilines is 1. The largest absolute Gasteiger partial charge is 0.330 e. The highest BCUT2D eigenvalue weighted by molar-refractivity contribution is 7.97. The molecule has 0 aromatic heterocycles. The number of nitrogens with one attached hydrogen (secondary N) is 1. The smallest absolute Gasteiger partial charge is 0.228 e. The molecule has 16 heavy (non-hydrogen) atoms. The number of nitrogens with two attached hydrogens (primary N) is 1. The number of hydrogen-bond acceptors (Lipinski definition) is 3. The summed E-state index contributed by atoms with van der Waals surface area (Å²) in [5, 5.41) is 2.84. The van der Waals surface area contributed by atoms with Crippen LogP contribution in [-0.4, -0.2) is 18.7 Å². The summed E-state index contributed by atoms with van der Waals surface area (Å²) in [5.41, 5.74) is 7.52. The molecule has 1 amide bonds. The van der Waals surface area contributed by atoms with Gasteiger partial charge in [0.25, 0.3) is 0 Å². The van der Waals surface area contributed by atoms with Gasteiger partial charge in [-0.05, 0) is 24.0 Å². The molecule has 1 aromatic carbocycles. The summed E-state index contributed by atoms with van der Waals surface area (Å²) in [6.07, 6.45) is 2.07. The van der Waals surface area contributed by atoms with Gasteiger partial charge in [-0.3, -0.25) is 4.79 Å². The van der Waals surface area contributed by atoms with E-state index < -0.39 is 0 Å². The molecule has 1 unspecified atom stereocenters. The first kappa shape index (κ1) is 13.1. The predicted octanol–water partition coefficient (Wildman–Crippen LogP) is 2.08. The SMILES string of the molecule is CSCc1ccc(NC(=O)C(C)CN)cc1. The number of hydrogen-bond donors (Lipinski definition) is 2. The third kappa shape index (κ3) is 3.87. The molecule has 0 radical (unpaired) electrons. The Morgan fingerprint density at radius 2 is 2.06 bits per heavy atom. The second kappa shape index (κ2) is 6.55. The monoisotopic (exact) mass is 238 g/mol. The van der Waals surface area contributed by atoms with Crippen LogP contribution in [0, 0.1) is 5.92 Å². The maximum absolute atomic E-state index is 11.6. The third-order valence-corrected chi connectivity index (χ3v) is 2.96. The Bertz CT molecular complexity index is 337. The van der Waals surface area contributed by atoms with Crippen molar-refractivity contribution in [3.63, 3.8) is 0 Å². The van der Waals surface area contributed by atoms with E-state index in [1.165, 1.54) is 5.56 Å². The van der Waals surface area contributed by atoms with Crippen molar-refractivity contribution in [1.82, 2.24) is 0 Å². The van der Waals surface area contributed by atoms with Gasteiger partial charge in [-0.15, -0.1) is 0 Å². The minimum atomic E-state index is -0.147. The number of carbonyl (C=O) groups is 1. The summed E-state index contributed by atoms with van der Waals surface area (Å²) in [5.74, 6) is 0.818. The van der Waals surface area contributed by atoms with Crippen LogP contribution in [-0.2, 0) is 10.5 Å². The number of amides is 1. The summed E-state index contributed by atoms with van der Waals surface area (Å²) < 4.78 is 0. The van der Waals surface area contributed by atoms with E-state index in [4.69, 9.17) is 5.73 Å². The first-order valence-corrected chi connectivity index (χ1v) is 6.65. The van der Waals surface area contributed by atoms with Crippen LogP contribution >= 0.6 is 11.8 Å². The van der Waals surface area contributed by atoms with E-state index in [1.54, 1.807) is 11.8 Å². The van der Waals surface area contributed by atoms with Crippen LogP contribution in [0.25, 0.3) is 0 Å². The first-order valence-electron chi connectivity index (χ1n) is 5.26. The fourth-order valence-corrected chi connectivity index (χ4v) is 1.75. The van der Waals surface area contributed by atoms with E-state index in [2.05, 4.69) is 11.6 Å². The summed E-state index contributed by atoms with van der Waals surface area (Å²) in [4.78, 5) is 11.6. The lowest BCUT2D eigenvalue weighted by Gasteiger charge is -2.10. The minimum absolute atomic E-state index is 0.0277. The van der Waals surface area contributed by atoms with Crippen LogP contribution in [0.5, 0.6) is 0 Å². The van der Waals surface area contributed by atoms with Gasteiger partial charge >= 0.3 is 0 Å². The Labute approximate surface area is 101 Å². The van der Waals surface area contributed by atoms with Crippen molar-refractivity contribution < 1.29 is 4.79 Å². The predicted molar refractivity (Wildman–Crippen MR) is 70.5 cm³/mol. The maximum Gasteiger partial charge on any atom is 0.228 e. The van der Waals surface area contributed by atoms with Crippen LogP contribution in [0.15, 0.2) is 24.3 Å². The van der Waals surface area contributed by atoms with Crippen molar-refractivity contribution in [2.24, 2.45) is 11.7 Å². The standard InChI is InChI=1S/C12H18N2OS/c1-9(7-13)12(15)14-11-5-3-10(4-6-11)8-16-2/h3-6,9H,7-8,13H2,1-2H3,(H,14,15). The van der Waals surface area contributed by atoms with Crippen LogP contribution in [0.3, 0.4) is 0 Å². The molecule has 0 aliphatic carbocycles. The zero-order valence-electron chi connectivity index (χ0n) is 9.69. The lowest BCUT2D eigenvalue weighted by atomic mass is 10.1. The van der Waals surface area contributed by atoms with Gasteiger partial charge in [0.05, 0.1) is 0 Å². The Kier molecular flexibility index (Phi) is 5.35.